The van der Waals surface area contributed by atoms with E-state index in [0.29, 0.717) is 11.8 Å². The molecular weight excluding hydrogens is 511 g/mol. The number of aromatic nitrogens is 4. The predicted octanol–water partition coefficient (Wildman–Crippen LogP) is 5.81. The summed E-state index contributed by atoms with van der Waals surface area (Å²) in [6.07, 6.45) is -0.721. The molecule has 0 amide bonds. The van der Waals surface area contributed by atoms with Crippen LogP contribution in [0.4, 0.5) is 13.2 Å². The van der Waals surface area contributed by atoms with E-state index in [1.54, 1.807) is 12.1 Å². The molecule has 0 atom stereocenters. The average Bonchev–Trinajstić information content (AvgIpc) is 3.22. The van der Waals surface area contributed by atoms with Gasteiger partial charge in [0.1, 0.15) is 11.3 Å². The number of alkyl halides is 3. The first-order valence-electron chi connectivity index (χ1n) is 11.2. The zero-order valence-corrected chi connectivity index (χ0v) is 20.2. The number of nitrogens with zero attached hydrogens (tertiary/aromatic N) is 5. The van der Waals surface area contributed by atoms with Crippen LogP contribution in [-0.4, -0.2) is 25.2 Å². The molecule has 0 spiro atoms. The lowest BCUT2D eigenvalue weighted by Gasteiger charge is -2.15. The minimum Gasteiger partial charge on any atom is -0.451 e. The standard InChI is InChI=1S/C25H19ClF3N5O3/c1-2-3-6-21(35)34-23-18(5-4-8-31-23)20(32-34)14-33-9-7-19(25(27,28)29)22(24(33)36)37-17-11-15(13-30)10-16(26)12-17/h4-5,7-12H,2-3,6,14H2,1H3. The van der Waals surface area contributed by atoms with Crippen LogP contribution in [-0.2, 0) is 12.7 Å². The molecule has 1 aromatic carbocycles. The highest BCUT2D eigenvalue weighted by Crippen LogP contribution is 2.36. The van der Waals surface area contributed by atoms with Crippen LogP contribution >= 0.6 is 11.6 Å². The second-order valence-corrected chi connectivity index (χ2v) is 8.55. The Bertz CT molecular complexity index is 1590. The molecule has 0 bridgehead atoms. The van der Waals surface area contributed by atoms with E-state index in [9.17, 15) is 22.8 Å². The van der Waals surface area contributed by atoms with Crippen molar-refractivity contribution in [3.63, 3.8) is 0 Å². The number of pyridine rings is 2. The number of ether oxygens (including phenoxy) is 1. The summed E-state index contributed by atoms with van der Waals surface area (Å²) in [5, 5.41) is 14.0. The first-order chi connectivity index (χ1) is 17.6. The highest BCUT2D eigenvalue weighted by molar-refractivity contribution is 6.30. The van der Waals surface area contributed by atoms with Gasteiger partial charge in [-0.2, -0.15) is 28.2 Å². The number of carbonyl (C=O) groups excluding carboxylic acids is 1. The summed E-state index contributed by atoms with van der Waals surface area (Å²) in [5.74, 6) is -1.47. The van der Waals surface area contributed by atoms with E-state index in [1.165, 1.54) is 24.4 Å². The monoisotopic (exact) mass is 529 g/mol. The van der Waals surface area contributed by atoms with Crippen molar-refractivity contribution in [2.24, 2.45) is 0 Å². The summed E-state index contributed by atoms with van der Waals surface area (Å²) in [6, 6.07) is 9.51. The van der Waals surface area contributed by atoms with Gasteiger partial charge in [-0.15, -0.1) is 0 Å². The van der Waals surface area contributed by atoms with Crippen molar-refractivity contribution in [3.05, 3.63) is 81.0 Å². The lowest BCUT2D eigenvalue weighted by molar-refractivity contribution is -0.138. The number of hydrogen-bond donors (Lipinski definition) is 0. The van der Waals surface area contributed by atoms with Crippen LogP contribution in [0.25, 0.3) is 11.0 Å². The first kappa shape index (κ1) is 25.9. The number of benzene rings is 1. The van der Waals surface area contributed by atoms with Gasteiger partial charge in [0.25, 0.3) is 5.56 Å². The fraction of sp³-hybridized carbons (Fsp3) is 0.240. The molecule has 0 saturated carbocycles. The van der Waals surface area contributed by atoms with E-state index in [2.05, 4.69) is 10.1 Å². The molecule has 190 valence electrons. The third kappa shape index (κ3) is 5.49. The van der Waals surface area contributed by atoms with Crippen LogP contribution < -0.4 is 10.3 Å². The minimum atomic E-state index is -4.89. The first-order valence-corrected chi connectivity index (χ1v) is 11.5. The third-order valence-corrected chi connectivity index (χ3v) is 5.68. The number of fused-ring (bicyclic) bond motifs is 1. The zero-order chi connectivity index (χ0) is 26.7. The Morgan fingerprint density at radius 1 is 1.24 bits per heavy atom. The molecule has 12 heteroatoms. The van der Waals surface area contributed by atoms with Gasteiger partial charge in [-0.05, 0) is 42.8 Å². The van der Waals surface area contributed by atoms with Gasteiger partial charge in [0, 0.05) is 29.2 Å². The normalized spacial score (nSPS) is 11.5. The van der Waals surface area contributed by atoms with E-state index in [1.807, 2.05) is 13.0 Å². The van der Waals surface area contributed by atoms with Crippen molar-refractivity contribution in [2.45, 2.75) is 38.9 Å². The van der Waals surface area contributed by atoms with Crippen LogP contribution in [0.2, 0.25) is 5.02 Å². The smallest absolute Gasteiger partial charge is 0.420 e. The van der Waals surface area contributed by atoms with Crippen molar-refractivity contribution in [2.75, 3.05) is 0 Å². The molecule has 8 nitrogen and oxygen atoms in total. The Morgan fingerprint density at radius 2 is 2.03 bits per heavy atom. The van der Waals surface area contributed by atoms with Gasteiger partial charge in [-0.3, -0.25) is 9.59 Å². The Balaban J connectivity index is 1.79. The second kappa shape index (κ2) is 10.4. The van der Waals surface area contributed by atoms with Crippen LogP contribution in [0.5, 0.6) is 11.5 Å². The molecular formula is C25H19ClF3N5O3. The fourth-order valence-corrected chi connectivity index (χ4v) is 3.93. The number of unbranched alkanes of at least 4 members (excludes halogenated alkanes) is 1. The van der Waals surface area contributed by atoms with E-state index in [4.69, 9.17) is 21.6 Å². The van der Waals surface area contributed by atoms with Crippen LogP contribution in [0.3, 0.4) is 0 Å². The lowest BCUT2D eigenvalue weighted by Crippen LogP contribution is -2.25. The number of carbonyl (C=O) groups is 1. The van der Waals surface area contributed by atoms with Crippen molar-refractivity contribution in [3.8, 4) is 17.6 Å². The molecule has 0 N–H and O–H groups in total. The molecule has 3 aromatic heterocycles. The van der Waals surface area contributed by atoms with Gasteiger partial charge in [0.05, 0.1) is 23.9 Å². The van der Waals surface area contributed by atoms with Gasteiger partial charge in [-0.25, -0.2) is 4.98 Å². The molecule has 37 heavy (non-hydrogen) atoms. The Kier molecular flexibility index (Phi) is 7.31. The molecule has 0 fully saturated rings. The average molecular weight is 530 g/mol. The number of halogens is 4. The SMILES string of the molecule is CCCCC(=O)n1nc(Cn2ccc(C(F)(F)F)c(Oc3cc(Cl)cc(C#N)c3)c2=O)c2cccnc21. The van der Waals surface area contributed by atoms with Crippen LogP contribution in [0, 0.1) is 11.3 Å². The third-order valence-electron chi connectivity index (χ3n) is 5.47. The summed E-state index contributed by atoms with van der Waals surface area (Å²) in [5.41, 5.74) is -1.77. The van der Waals surface area contributed by atoms with Crippen molar-refractivity contribution in [1.29, 1.82) is 5.26 Å². The summed E-state index contributed by atoms with van der Waals surface area (Å²) in [4.78, 5) is 30.1. The molecule has 0 aliphatic carbocycles. The second-order valence-electron chi connectivity index (χ2n) is 8.11. The van der Waals surface area contributed by atoms with Crippen molar-refractivity contribution < 1.29 is 22.7 Å². The Morgan fingerprint density at radius 3 is 2.73 bits per heavy atom. The van der Waals surface area contributed by atoms with Crippen LogP contribution in [0.15, 0.2) is 53.6 Å². The topological polar surface area (TPSA) is 103 Å². The summed E-state index contributed by atoms with van der Waals surface area (Å²) >= 11 is 5.94. The molecule has 4 rings (SSSR count). The van der Waals surface area contributed by atoms with E-state index >= 15 is 0 Å². The van der Waals surface area contributed by atoms with E-state index in [0.717, 1.165) is 27.9 Å². The van der Waals surface area contributed by atoms with Crippen molar-refractivity contribution in [1.82, 2.24) is 19.3 Å². The summed E-state index contributed by atoms with van der Waals surface area (Å²) < 4.78 is 48.8. The van der Waals surface area contributed by atoms with Crippen LogP contribution in [0.1, 0.15) is 47.8 Å². The quantitative estimate of drug-likeness (QED) is 0.299. The number of nitriles is 1. The zero-order valence-electron chi connectivity index (χ0n) is 19.4. The van der Waals surface area contributed by atoms with Gasteiger partial charge in [-0.1, -0.05) is 24.9 Å². The maximum atomic E-state index is 13.7. The molecule has 0 aliphatic rings. The number of hydrogen-bond acceptors (Lipinski definition) is 6. The minimum absolute atomic E-state index is 0.0459. The molecule has 0 radical (unpaired) electrons. The number of rotatable bonds is 7. The highest BCUT2D eigenvalue weighted by atomic mass is 35.5. The molecule has 4 aromatic rings. The summed E-state index contributed by atoms with van der Waals surface area (Å²) in [7, 11) is 0. The van der Waals surface area contributed by atoms with Gasteiger partial charge < -0.3 is 9.30 Å². The van der Waals surface area contributed by atoms with Gasteiger partial charge in [0.2, 0.25) is 11.7 Å². The van der Waals surface area contributed by atoms with Gasteiger partial charge in [0.15, 0.2) is 5.65 Å². The van der Waals surface area contributed by atoms with Gasteiger partial charge >= 0.3 is 6.18 Å². The van der Waals surface area contributed by atoms with Crippen molar-refractivity contribution >= 4 is 28.5 Å². The summed E-state index contributed by atoms with van der Waals surface area (Å²) in [6.45, 7) is 1.70. The van der Waals surface area contributed by atoms with E-state index < -0.39 is 23.0 Å². The fourth-order valence-electron chi connectivity index (χ4n) is 3.70. The molecule has 0 aliphatic heterocycles. The molecule has 0 saturated heterocycles. The Hall–Kier alpha value is -4.17. The molecule has 0 unspecified atom stereocenters. The Labute approximate surface area is 213 Å². The lowest BCUT2D eigenvalue weighted by atomic mass is 10.2. The maximum absolute atomic E-state index is 13.7. The largest absolute Gasteiger partial charge is 0.451 e. The molecule has 3 heterocycles. The predicted molar refractivity (Wildman–Crippen MR) is 129 cm³/mol. The maximum Gasteiger partial charge on any atom is 0.420 e. The van der Waals surface area contributed by atoms with E-state index in [-0.39, 0.29) is 46.5 Å². The highest BCUT2D eigenvalue weighted by Gasteiger charge is 2.36.